The van der Waals surface area contributed by atoms with Gasteiger partial charge in [0, 0.05) is 43.2 Å². The van der Waals surface area contributed by atoms with E-state index in [2.05, 4.69) is 36.5 Å². The second kappa shape index (κ2) is 9.60. The number of H-pyrrole nitrogens is 1. The molecule has 1 N–H and O–H groups in total. The zero-order valence-electron chi connectivity index (χ0n) is 18.6. The van der Waals surface area contributed by atoms with E-state index in [4.69, 9.17) is 4.74 Å². The SMILES string of the molecule is Cc1ccc2cc(CN(Cc3cccnc3)Cc3nnnn3C[C@H]3CCCO3)c(=O)[nH]c2c1. The molecule has 1 atom stereocenters. The topological polar surface area (TPSA) is 102 Å². The fourth-order valence-corrected chi connectivity index (χ4v) is 4.30. The van der Waals surface area contributed by atoms with Gasteiger partial charge in [0.25, 0.3) is 5.56 Å². The van der Waals surface area contributed by atoms with Gasteiger partial charge in [0.1, 0.15) is 0 Å². The van der Waals surface area contributed by atoms with Crippen LogP contribution in [0.1, 0.15) is 35.4 Å². The molecule has 0 radical (unpaired) electrons. The van der Waals surface area contributed by atoms with Crippen molar-refractivity contribution in [3.63, 3.8) is 0 Å². The molecule has 9 heteroatoms. The second-order valence-electron chi connectivity index (χ2n) is 8.63. The Labute approximate surface area is 191 Å². The smallest absolute Gasteiger partial charge is 0.252 e. The largest absolute Gasteiger partial charge is 0.376 e. The molecule has 0 unspecified atom stereocenters. The van der Waals surface area contributed by atoms with Gasteiger partial charge in [0.15, 0.2) is 5.82 Å². The van der Waals surface area contributed by atoms with Crippen molar-refractivity contribution in [3.05, 3.63) is 81.7 Å². The molecule has 0 amide bonds. The average Bonchev–Trinajstić information content (AvgIpc) is 3.48. The number of pyridine rings is 2. The van der Waals surface area contributed by atoms with Crippen LogP contribution in [0.3, 0.4) is 0 Å². The summed E-state index contributed by atoms with van der Waals surface area (Å²) in [6.07, 6.45) is 5.83. The van der Waals surface area contributed by atoms with Gasteiger partial charge in [-0.1, -0.05) is 18.2 Å². The molecule has 1 saturated heterocycles. The summed E-state index contributed by atoms with van der Waals surface area (Å²) in [7, 11) is 0. The maximum Gasteiger partial charge on any atom is 0.252 e. The quantitative estimate of drug-likeness (QED) is 0.445. The lowest BCUT2D eigenvalue weighted by molar-refractivity contribution is 0.0914. The third-order valence-corrected chi connectivity index (χ3v) is 5.97. The fourth-order valence-electron chi connectivity index (χ4n) is 4.30. The minimum Gasteiger partial charge on any atom is -0.376 e. The minimum absolute atomic E-state index is 0.0803. The number of hydrogen-bond donors (Lipinski definition) is 1. The summed E-state index contributed by atoms with van der Waals surface area (Å²) in [5.41, 5.74) is 3.64. The van der Waals surface area contributed by atoms with E-state index in [1.54, 1.807) is 6.20 Å². The first-order valence-corrected chi connectivity index (χ1v) is 11.2. The normalized spacial score (nSPS) is 16.1. The van der Waals surface area contributed by atoms with Gasteiger partial charge in [-0.15, -0.1) is 5.10 Å². The van der Waals surface area contributed by atoms with E-state index in [1.165, 1.54) is 0 Å². The van der Waals surface area contributed by atoms with Crippen LogP contribution in [0.4, 0.5) is 0 Å². The lowest BCUT2D eigenvalue weighted by Crippen LogP contribution is -2.29. The van der Waals surface area contributed by atoms with E-state index >= 15 is 0 Å². The predicted molar refractivity (Wildman–Crippen MR) is 123 cm³/mol. The Balaban J connectivity index is 1.41. The maximum absolute atomic E-state index is 12.9. The predicted octanol–water partition coefficient (Wildman–Crippen LogP) is 2.60. The van der Waals surface area contributed by atoms with Gasteiger partial charge in [0.2, 0.25) is 0 Å². The number of aromatic amines is 1. The Morgan fingerprint density at radius 2 is 2.15 bits per heavy atom. The van der Waals surface area contributed by atoms with Crippen molar-refractivity contribution in [1.82, 2.24) is 35.1 Å². The molecule has 5 rings (SSSR count). The molecule has 4 aromatic rings. The molecular weight excluding hydrogens is 418 g/mol. The van der Waals surface area contributed by atoms with E-state index in [0.29, 0.717) is 31.7 Å². The van der Waals surface area contributed by atoms with Crippen LogP contribution < -0.4 is 5.56 Å². The first-order valence-electron chi connectivity index (χ1n) is 11.2. The molecule has 1 aromatic carbocycles. The number of rotatable bonds is 8. The van der Waals surface area contributed by atoms with Gasteiger partial charge in [-0.2, -0.15) is 0 Å². The Hall–Kier alpha value is -3.43. The number of tetrazole rings is 1. The molecule has 1 aliphatic heterocycles. The van der Waals surface area contributed by atoms with Crippen molar-refractivity contribution < 1.29 is 4.74 Å². The molecule has 33 heavy (non-hydrogen) atoms. The van der Waals surface area contributed by atoms with Crippen LogP contribution in [0, 0.1) is 6.92 Å². The van der Waals surface area contributed by atoms with Gasteiger partial charge < -0.3 is 9.72 Å². The van der Waals surface area contributed by atoms with Crippen molar-refractivity contribution in [2.24, 2.45) is 0 Å². The Morgan fingerprint density at radius 3 is 2.97 bits per heavy atom. The van der Waals surface area contributed by atoms with Crippen molar-refractivity contribution in [2.45, 2.75) is 52.0 Å². The van der Waals surface area contributed by atoms with E-state index in [9.17, 15) is 4.79 Å². The van der Waals surface area contributed by atoms with Gasteiger partial charge in [-0.3, -0.25) is 14.7 Å². The van der Waals surface area contributed by atoms with Crippen LogP contribution in [0.15, 0.2) is 53.6 Å². The summed E-state index contributed by atoms with van der Waals surface area (Å²) in [6, 6.07) is 12.0. The molecule has 0 saturated carbocycles. The Kier molecular flexibility index (Phi) is 6.23. The standard InChI is InChI=1S/C24H27N7O2/c1-17-6-7-19-11-20(24(32)26-22(19)10-17)14-30(13-18-4-2-8-25-12-18)16-23-27-28-29-31(23)15-21-5-3-9-33-21/h2,4,6-8,10-12,21H,3,5,9,13-16H2,1H3,(H,26,32)/t21-/m1/s1. The number of hydrogen-bond acceptors (Lipinski definition) is 7. The monoisotopic (exact) mass is 445 g/mol. The molecule has 4 heterocycles. The summed E-state index contributed by atoms with van der Waals surface area (Å²) >= 11 is 0. The number of ether oxygens (including phenoxy) is 1. The third-order valence-electron chi connectivity index (χ3n) is 5.97. The van der Waals surface area contributed by atoms with Gasteiger partial charge >= 0.3 is 0 Å². The van der Waals surface area contributed by atoms with Crippen molar-refractivity contribution >= 4 is 10.9 Å². The van der Waals surface area contributed by atoms with Crippen LogP contribution >= 0.6 is 0 Å². The number of aromatic nitrogens is 6. The van der Waals surface area contributed by atoms with Gasteiger partial charge in [0.05, 0.1) is 19.2 Å². The summed E-state index contributed by atoms with van der Waals surface area (Å²) in [4.78, 5) is 22.3. The molecule has 0 spiro atoms. The zero-order valence-corrected chi connectivity index (χ0v) is 18.6. The molecule has 9 nitrogen and oxygen atoms in total. The van der Waals surface area contributed by atoms with E-state index < -0.39 is 0 Å². The summed E-state index contributed by atoms with van der Waals surface area (Å²) < 4.78 is 7.58. The van der Waals surface area contributed by atoms with Crippen LogP contribution in [0.5, 0.6) is 0 Å². The van der Waals surface area contributed by atoms with Gasteiger partial charge in [-0.05, 0) is 64.9 Å². The van der Waals surface area contributed by atoms with Gasteiger partial charge in [-0.25, -0.2) is 4.68 Å². The van der Waals surface area contributed by atoms with E-state index in [-0.39, 0.29) is 11.7 Å². The summed E-state index contributed by atoms with van der Waals surface area (Å²) in [5, 5.41) is 13.4. The first kappa shape index (κ1) is 21.4. The summed E-state index contributed by atoms with van der Waals surface area (Å²) in [5.74, 6) is 0.752. The lowest BCUT2D eigenvalue weighted by atomic mass is 10.1. The number of aryl methyl sites for hydroxylation is 1. The maximum atomic E-state index is 12.9. The van der Waals surface area contributed by atoms with Crippen molar-refractivity contribution in [1.29, 1.82) is 0 Å². The van der Waals surface area contributed by atoms with Crippen molar-refractivity contribution in [3.8, 4) is 0 Å². The van der Waals surface area contributed by atoms with Crippen LogP contribution in [-0.4, -0.2) is 47.8 Å². The molecule has 1 fully saturated rings. The fraction of sp³-hybridized carbons (Fsp3) is 0.375. The third kappa shape index (κ3) is 5.15. The molecule has 0 bridgehead atoms. The molecule has 170 valence electrons. The zero-order chi connectivity index (χ0) is 22.6. The number of benzene rings is 1. The first-order chi connectivity index (χ1) is 16.1. The highest BCUT2D eigenvalue weighted by Gasteiger charge is 2.20. The highest BCUT2D eigenvalue weighted by molar-refractivity contribution is 5.79. The molecule has 3 aromatic heterocycles. The highest BCUT2D eigenvalue weighted by atomic mass is 16.5. The second-order valence-corrected chi connectivity index (χ2v) is 8.63. The van der Waals surface area contributed by atoms with Crippen LogP contribution in [0.25, 0.3) is 10.9 Å². The average molecular weight is 446 g/mol. The summed E-state index contributed by atoms with van der Waals surface area (Å²) in [6.45, 7) is 5.02. The van der Waals surface area contributed by atoms with Crippen LogP contribution in [0.2, 0.25) is 0 Å². The Bertz CT molecular complexity index is 1280. The van der Waals surface area contributed by atoms with Crippen LogP contribution in [-0.2, 0) is 30.9 Å². The molecular formula is C24H27N7O2. The Morgan fingerprint density at radius 1 is 1.21 bits per heavy atom. The number of fused-ring (bicyclic) bond motifs is 1. The molecule has 1 aliphatic rings. The van der Waals surface area contributed by atoms with Crippen molar-refractivity contribution in [2.75, 3.05) is 6.61 Å². The highest BCUT2D eigenvalue weighted by Crippen LogP contribution is 2.17. The number of nitrogens with one attached hydrogen (secondary N) is 1. The number of nitrogens with zero attached hydrogens (tertiary/aromatic N) is 6. The van der Waals surface area contributed by atoms with E-state index in [0.717, 1.165) is 47.3 Å². The molecule has 0 aliphatic carbocycles. The lowest BCUT2D eigenvalue weighted by Gasteiger charge is -2.22. The minimum atomic E-state index is -0.0803. The van der Waals surface area contributed by atoms with E-state index in [1.807, 2.05) is 48.1 Å².